The average Bonchev–Trinajstić information content (AvgIpc) is 3.28. The van der Waals surface area contributed by atoms with Crippen molar-refractivity contribution in [2.24, 2.45) is 0 Å². The lowest BCUT2D eigenvalue weighted by atomic mass is 10.2. The van der Waals surface area contributed by atoms with Gasteiger partial charge in [-0.3, -0.25) is 14.2 Å². The standard InChI is InChI=1S/C25H20ClN5O2/c1-16-7-12-20-21(13-16)30(15-18-8-10-19(26)11-9-18)25(33)23-28-22(29-31(20)23)24(32)27-14-17-5-3-2-4-6-17/h2-13H,14-15H2,1H3,(H,27,32). The average molecular weight is 458 g/mol. The van der Waals surface area contributed by atoms with Crippen molar-refractivity contribution in [2.75, 3.05) is 0 Å². The van der Waals surface area contributed by atoms with Gasteiger partial charge in [0, 0.05) is 11.6 Å². The highest BCUT2D eigenvalue weighted by Crippen LogP contribution is 2.18. The summed E-state index contributed by atoms with van der Waals surface area (Å²) in [6.07, 6.45) is 0. The molecule has 0 spiro atoms. The largest absolute Gasteiger partial charge is 0.345 e. The number of hydrogen-bond donors (Lipinski definition) is 1. The van der Waals surface area contributed by atoms with Gasteiger partial charge in [-0.15, -0.1) is 5.10 Å². The summed E-state index contributed by atoms with van der Waals surface area (Å²) in [6, 6.07) is 22.7. The van der Waals surface area contributed by atoms with Crippen LogP contribution in [0.3, 0.4) is 0 Å². The zero-order valence-electron chi connectivity index (χ0n) is 17.8. The van der Waals surface area contributed by atoms with E-state index in [0.29, 0.717) is 29.1 Å². The van der Waals surface area contributed by atoms with Gasteiger partial charge < -0.3 is 5.32 Å². The molecule has 0 aliphatic rings. The van der Waals surface area contributed by atoms with Crippen molar-refractivity contribution in [3.63, 3.8) is 0 Å². The fourth-order valence-electron chi connectivity index (χ4n) is 3.76. The Morgan fingerprint density at radius 2 is 1.73 bits per heavy atom. The molecule has 0 radical (unpaired) electrons. The van der Waals surface area contributed by atoms with E-state index in [4.69, 9.17) is 11.6 Å². The Bertz CT molecular complexity index is 1540. The van der Waals surface area contributed by atoms with Crippen LogP contribution < -0.4 is 10.9 Å². The maximum Gasteiger partial charge on any atom is 0.296 e. The van der Waals surface area contributed by atoms with Crippen molar-refractivity contribution >= 4 is 34.2 Å². The van der Waals surface area contributed by atoms with E-state index in [9.17, 15) is 9.59 Å². The fraction of sp³-hybridized carbons (Fsp3) is 0.120. The molecule has 33 heavy (non-hydrogen) atoms. The number of aryl methyl sites for hydroxylation is 1. The van der Waals surface area contributed by atoms with Crippen molar-refractivity contribution in [2.45, 2.75) is 20.0 Å². The minimum absolute atomic E-state index is 0.0471. The van der Waals surface area contributed by atoms with Crippen molar-refractivity contribution in [3.05, 3.63) is 111 Å². The van der Waals surface area contributed by atoms with Gasteiger partial charge in [-0.1, -0.05) is 60.1 Å². The normalized spacial score (nSPS) is 11.2. The predicted octanol–water partition coefficient (Wildman–Crippen LogP) is 3.98. The summed E-state index contributed by atoms with van der Waals surface area (Å²) in [7, 11) is 0. The molecular formula is C25H20ClN5O2. The van der Waals surface area contributed by atoms with Gasteiger partial charge in [-0.2, -0.15) is 4.98 Å². The number of aromatic nitrogens is 4. The van der Waals surface area contributed by atoms with Crippen molar-refractivity contribution in [3.8, 4) is 0 Å². The third kappa shape index (κ3) is 4.10. The van der Waals surface area contributed by atoms with Gasteiger partial charge in [0.2, 0.25) is 11.5 Å². The van der Waals surface area contributed by atoms with E-state index in [0.717, 1.165) is 16.7 Å². The summed E-state index contributed by atoms with van der Waals surface area (Å²) in [4.78, 5) is 30.4. The van der Waals surface area contributed by atoms with Crippen LogP contribution in [0.25, 0.3) is 16.7 Å². The maximum atomic E-state index is 13.4. The number of halogens is 1. The van der Waals surface area contributed by atoms with E-state index < -0.39 is 5.91 Å². The molecule has 0 fully saturated rings. The lowest BCUT2D eigenvalue weighted by molar-refractivity contribution is 0.0941. The van der Waals surface area contributed by atoms with Gasteiger partial charge in [-0.05, 0) is 47.9 Å². The first kappa shape index (κ1) is 20.9. The Balaban J connectivity index is 1.58. The molecule has 0 unspecified atom stereocenters. The maximum absolute atomic E-state index is 13.4. The molecule has 0 saturated heterocycles. The Morgan fingerprint density at radius 1 is 0.970 bits per heavy atom. The van der Waals surface area contributed by atoms with Crippen LogP contribution in [0.15, 0.2) is 77.6 Å². The Hall–Kier alpha value is -3.97. The summed E-state index contributed by atoms with van der Waals surface area (Å²) < 4.78 is 3.11. The Labute approximate surface area is 194 Å². The van der Waals surface area contributed by atoms with Crippen LogP contribution in [0.4, 0.5) is 0 Å². The van der Waals surface area contributed by atoms with E-state index >= 15 is 0 Å². The minimum atomic E-state index is -0.438. The quantitative estimate of drug-likeness (QED) is 0.432. The second-order valence-electron chi connectivity index (χ2n) is 7.85. The molecule has 2 aromatic heterocycles. The second-order valence-corrected chi connectivity index (χ2v) is 8.29. The number of carbonyl (C=O) groups is 1. The Morgan fingerprint density at radius 3 is 2.48 bits per heavy atom. The minimum Gasteiger partial charge on any atom is -0.345 e. The number of fused-ring (bicyclic) bond motifs is 3. The number of hydrogen-bond acceptors (Lipinski definition) is 4. The number of rotatable bonds is 5. The third-order valence-corrected chi connectivity index (χ3v) is 5.70. The molecule has 164 valence electrons. The zero-order chi connectivity index (χ0) is 22.9. The second kappa shape index (κ2) is 8.52. The van der Waals surface area contributed by atoms with Crippen molar-refractivity contribution in [1.82, 2.24) is 24.5 Å². The van der Waals surface area contributed by atoms with E-state index in [1.54, 1.807) is 16.7 Å². The van der Waals surface area contributed by atoms with Crippen LogP contribution in [0.5, 0.6) is 0 Å². The lowest BCUT2D eigenvalue weighted by Crippen LogP contribution is -2.24. The molecule has 0 aliphatic carbocycles. The highest BCUT2D eigenvalue weighted by Gasteiger charge is 2.19. The van der Waals surface area contributed by atoms with E-state index in [-0.39, 0.29) is 17.0 Å². The van der Waals surface area contributed by atoms with Gasteiger partial charge in [0.1, 0.15) is 0 Å². The van der Waals surface area contributed by atoms with E-state index in [2.05, 4.69) is 15.4 Å². The molecule has 1 N–H and O–H groups in total. The molecule has 0 bridgehead atoms. The smallest absolute Gasteiger partial charge is 0.296 e. The summed E-state index contributed by atoms with van der Waals surface area (Å²) in [6.45, 7) is 2.65. The van der Waals surface area contributed by atoms with Gasteiger partial charge in [-0.25, -0.2) is 4.52 Å². The van der Waals surface area contributed by atoms with Crippen LogP contribution in [-0.4, -0.2) is 25.1 Å². The molecule has 0 atom stereocenters. The highest BCUT2D eigenvalue weighted by atomic mass is 35.5. The molecule has 1 amide bonds. The monoisotopic (exact) mass is 457 g/mol. The fourth-order valence-corrected chi connectivity index (χ4v) is 3.89. The van der Waals surface area contributed by atoms with Gasteiger partial charge in [0.25, 0.3) is 11.5 Å². The van der Waals surface area contributed by atoms with Crippen LogP contribution in [0.2, 0.25) is 5.02 Å². The topological polar surface area (TPSA) is 81.3 Å². The summed E-state index contributed by atoms with van der Waals surface area (Å²) >= 11 is 6.01. The van der Waals surface area contributed by atoms with Gasteiger partial charge in [0.15, 0.2) is 0 Å². The number of carbonyl (C=O) groups excluding carboxylic acids is 1. The van der Waals surface area contributed by atoms with Crippen LogP contribution in [-0.2, 0) is 13.1 Å². The molecule has 0 saturated carbocycles. The van der Waals surface area contributed by atoms with E-state index in [1.807, 2.05) is 67.6 Å². The number of amides is 1. The summed E-state index contributed by atoms with van der Waals surface area (Å²) in [5.74, 6) is -0.486. The van der Waals surface area contributed by atoms with Crippen LogP contribution in [0.1, 0.15) is 27.3 Å². The number of nitrogens with one attached hydrogen (secondary N) is 1. The first-order valence-corrected chi connectivity index (χ1v) is 10.8. The summed E-state index contributed by atoms with van der Waals surface area (Å²) in [5.41, 5.74) is 4.08. The van der Waals surface area contributed by atoms with Crippen LogP contribution >= 0.6 is 11.6 Å². The van der Waals surface area contributed by atoms with Crippen molar-refractivity contribution in [1.29, 1.82) is 0 Å². The highest BCUT2D eigenvalue weighted by molar-refractivity contribution is 6.30. The number of benzene rings is 3. The summed E-state index contributed by atoms with van der Waals surface area (Å²) in [5, 5.41) is 7.81. The SMILES string of the molecule is Cc1ccc2c(c1)n(Cc1ccc(Cl)cc1)c(=O)c1nc(C(=O)NCc3ccccc3)nn12. The van der Waals surface area contributed by atoms with Crippen LogP contribution in [0, 0.1) is 6.92 Å². The molecule has 0 aliphatic heterocycles. The molecular weight excluding hydrogens is 438 g/mol. The molecule has 7 nitrogen and oxygen atoms in total. The van der Waals surface area contributed by atoms with Gasteiger partial charge in [0.05, 0.1) is 17.6 Å². The molecule has 5 aromatic rings. The first-order chi connectivity index (χ1) is 16.0. The molecule has 3 aromatic carbocycles. The first-order valence-electron chi connectivity index (χ1n) is 10.5. The third-order valence-electron chi connectivity index (χ3n) is 5.45. The predicted molar refractivity (Wildman–Crippen MR) is 128 cm³/mol. The number of nitrogens with zero attached hydrogens (tertiary/aromatic N) is 4. The van der Waals surface area contributed by atoms with Crippen molar-refractivity contribution < 1.29 is 4.79 Å². The molecule has 2 heterocycles. The zero-order valence-corrected chi connectivity index (χ0v) is 18.6. The lowest BCUT2D eigenvalue weighted by Gasteiger charge is -2.12. The van der Waals surface area contributed by atoms with Gasteiger partial charge >= 0.3 is 0 Å². The van der Waals surface area contributed by atoms with E-state index in [1.165, 1.54) is 4.52 Å². The molecule has 5 rings (SSSR count). The Kier molecular flexibility index (Phi) is 5.40. The molecule has 8 heteroatoms.